The first-order chi connectivity index (χ1) is 17.2. The number of carbonyl (C=O) groups is 1. The molecule has 0 bridgehead atoms. The first kappa shape index (κ1) is 25.9. The summed E-state index contributed by atoms with van der Waals surface area (Å²) in [6.07, 6.45) is 3.80. The molecule has 0 aromatic heterocycles. The lowest BCUT2D eigenvalue weighted by atomic mass is 9.92. The lowest BCUT2D eigenvalue weighted by molar-refractivity contribution is -0.385. The van der Waals surface area contributed by atoms with E-state index in [4.69, 9.17) is 4.74 Å². The van der Waals surface area contributed by atoms with Gasteiger partial charge >= 0.3 is 0 Å². The second-order valence-electron chi connectivity index (χ2n) is 10.3. The number of carbonyl (C=O) groups excluding carboxylic acids is 1. The lowest BCUT2D eigenvalue weighted by Gasteiger charge is -2.38. The number of nitrogens with zero attached hydrogens (tertiary/aromatic N) is 3. The summed E-state index contributed by atoms with van der Waals surface area (Å²) in [6.45, 7) is 11.5. The minimum absolute atomic E-state index is 0.0774. The first-order valence-corrected chi connectivity index (χ1v) is 12.9. The number of hydrogen-bond acceptors (Lipinski definition) is 6. The molecule has 1 heterocycles. The zero-order valence-electron chi connectivity index (χ0n) is 21.9. The van der Waals surface area contributed by atoms with Crippen LogP contribution in [-0.4, -0.2) is 60.7 Å². The highest BCUT2D eigenvalue weighted by Gasteiger charge is 2.26. The molecule has 0 spiro atoms. The van der Waals surface area contributed by atoms with Gasteiger partial charge in [0.1, 0.15) is 6.61 Å². The predicted molar refractivity (Wildman–Crippen MR) is 143 cm³/mol. The van der Waals surface area contributed by atoms with Gasteiger partial charge in [-0.15, -0.1) is 0 Å². The van der Waals surface area contributed by atoms with Gasteiger partial charge in [-0.1, -0.05) is 17.7 Å². The molecular weight excluding hydrogens is 456 g/mol. The van der Waals surface area contributed by atoms with Crippen molar-refractivity contribution in [3.8, 4) is 0 Å². The fourth-order valence-electron chi connectivity index (χ4n) is 5.69. The van der Waals surface area contributed by atoms with Gasteiger partial charge in [0.25, 0.3) is 5.69 Å². The molecular formula is C28H38N4O4. The summed E-state index contributed by atoms with van der Waals surface area (Å²) in [7, 11) is 0. The van der Waals surface area contributed by atoms with E-state index in [9.17, 15) is 14.9 Å². The van der Waals surface area contributed by atoms with Crippen LogP contribution in [0.25, 0.3) is 0 Å². The van der Waals surface area contributed by atoms with Crippen LogP contribution < -0.4 is 10.2 Å². The van der Waals surface area contributed by atoms with Crippen molar-refractivity contribution in [1.29, 1.82) is 0 Å². The molecule has 0 unspecified atom stereocenters. The van der Waals surface area contributed by atoms with Crippen LogP contribution in [0.1, 0.15) is 47.9 Å². The third-order valence-electron chi connectivity index (χ3n) is 7.46. The predicted octanol–water partition coefficient (Wildman–Crippen LogP) is 4.92. The molecule has 0 atom stereocenters. The summed E-state index contributed by atoms with van der Waals surface area (Å²) < 4.78 is 6.01. The Morgan fingerprint density at radius 3 is 2.19 bits per heavy atom. The number of aryl methyl sites for hydroxylation is 4. The Morgan fingerprint density at radius 2 is 1.61 bits per heavy atom. The van der Waals surface area contributed by atoms with Gasteiger partial charge in [-0.3, -0.25) is 14.9 Å². The number of rotatable bonds is 7. The zero-order valence-corrected chi connectivity index (χ0v) is 21.9. The van der Waals surface area contributed by atoms with Crippen LogP contribution >= 0.6 is 0 Å². The minimum Gasteiger partial charge on any atom is -0.382 e. The lowest BCUT2D eigenvalue weighted by Crippen LogP contribution is -2.50. The highest BCUT2D eigenvalue weighted by Crippen LogP contribution is 2.28. The Bertz CT molecular complexity index is 1080. The Morgan fingerprint density at radius 1 is 0.972 bits per heavy atom. The average Bonchev–Trinajstić information content (AvgIpc) is 2.83. The SMILES string of the molecule is Cc1cc(C)c(N2CCN(C(=O)COC3CCC(Nc4ccc([N+](=O)[O-])c(C)c4)CC3)CC2)c(C)c1. The molecule has 1 saturated heterocycles. The summed E-state index contributed by atoms with van der Waals surface area (Å²) in [5.74, 6) is 0.0774. The van der Waals surface area contributed by atoms with E-state index < -0.39 is 0 Å². The Hall–Kier alpha value is -3.13. The number of anilines is 2. The van der Waals surface area contributed by atoms with Crippen LogP contribution in [0.15, 0.2) is 30.3 Å². The van der Waals surface area contributed by atoms with Gasteiger partial charge in [0, 0.05) is 55.2 Å². The van der Waals surface area contributed by atoms with E-state index in [0.717, 1.165) is 57.5 Å². The molecule has 0 radical (unpaired) electrons. The van der Waals surface area contributed by atoms with E-state index in [2.05, 4.69) is 43.1 Å². The number of nitro benzene ring substituents is 1. The molecule has 2 aromatic carbocycles. The first-order valence-electron chi connectivity index (χ1n) is 12.9. The molecule has 36 heavy (non-hydrogen) atoms. The highest BCUT2D eigenvalue weighted by molar-refractivity contribution is 5.78. The number of nitro groups is 1. The third-order valence-corrected chi connectivity index (χ3v) is 7.46. The maximum absolute atomic E-state index is 12.8. The van der Waals surface area contributed by atoms with E-state index in [1.807, 2.05) is 11.0 Å². The van der Waals surface area contributed by atoms with Crippen molar-refractivity contribution in [2.45, 2.75) is 65.5 Å². The van der Waals surface area contributed by atoms with Gasteiger partial charge in [-0.25, -0.2) is 0 Å². The van der Waals surface area contributed by atoms with Gasteiger partial charge in [-0.05, 0) is 76.6 Å². The van der Waals surface area contributed by atoms with Crippen LogP contribution in [0.2, 0.25) is 0 Å². The number of benzene rings is 2. The third kappa shape index (κ3) is 6.16. The van der Waals surface area contributed by atoms with Gasteiger partial charge < -0.3 is 19.9 Å². The smallest absolute Gasteiger partial charge is 0.272 e. The van der Waals surface area contributed by atoms with Crippen molar-refractivity contribution in [1.82, 2.24) is 4.90 Å². The number of amides is 1. The van der Waals surface area contributed by atoms with E-state index >= 15 is 0 Å². The zero-order chi connectivity index (χ0) is 25.8. The Labute approximate surface area is 213 Å². The van der Waals surface area contributed by atoms with Gasteiger partial charge in [0.15, 0.2) is 0 Å². The highest BCUT2D eigenvalue weighted by atomic mass is 16.6. The molecule has 194 valence electrons. The van der Waals surface area contributed by atoms with E-state index in [-0.39, 0.29) is 29.2 Å². The maximum Gasteiger partial charge on any atom is 0.272 e. The van der Waals surface area contributed by atoms with Crippen molar-refractivity contribution >= 4 is 23.0 Å². The molecule has 1 N–H and O–H groups in total. The standard InChI is InChI=1S/C28H38N4O4/c1-19-15-21(3)28(22(4)16-19)31-13-11-30(12-14-31)27(33)18-36-25-8-5-23(6-9-25)29-24-7-10-26(32(34)35)20(2)17-24/h7,10,15-17,23,25,29H,5-6,8-9,11-14,18H2,1-4H3. The molecule has 2 fully saturated rings. The number of nitrogens with one attached hydrogen (secondary N) is 1. The number of hydrogen-bond donors (Lipinski definition) is 1. The van der Waals surface area contributed by atoms with Crippen LogP contribution in [0, 0.1) is 37.8 Å². The van der Waals surface area contributed by atoms with Crippen molar-refractivity contribution in [2.24, 2.45) is 0 Å². The molecule has 8 nitrogen and oxygen atoms in total. The summed E-state index contributed by atoms with van der Waals surface area (Å²) in [6, 6.07) is 9.92. The second kappa shape index (κ2) is 11.3. The fraction of sp³-hybridized carbons (Fsp3) is 0.536. The molecule has 8 heteroatoms. The van der Waals surface area contributed by atoms with Crippen molar-refractivity contribution in [2.75, 3.05) is 43.0 Å². The molecule has 1 saturated carbocycles. The molecule has 2 aromatic rings. The van der Waals surface area contributed by atoms with Crippen molar-refractivity contribution < 1.29 is 14.5 Å². The molecule has 4 rings (SSSR count). The molecule has 1 aliphatic carbocycles. The van der Waals surface area contributed by atoms with Crippen molar-refractivity contribution in [3.63, 3.8) is 0 Å². The van der Waals surface area contributed by atoms with Gasteiger partial charge in [0.2, 0.25) is 5.91 Å². The summed E-state index contributed by atoms with van der Waals surface area (Å²) in [5, 5.41) is 14.5. The Kier molecular flexibility index (Phi) is 8.14. The van der Waals surface area contributed by atoms with Gasteiger partial charge in [-0.2, -0.15) is 0 Å². The quantitative estimate of drug-likeness (QED) is 0.434. The van der Waals surface area contributed by atoms with E-state index in [1.165, 1.54) is 22.4 Å². The van der Waals surface area contributed by atoms with E-state index in [1.54, 1.807) is 19.1 Å². The van der Waals surface area contributed by atoms with Gasteiger partial charge in [0.05, 0.1) is 11.0 Å². The largest absolute Gasteiger partial charge is 0.382 e. The number of ether oxygens (including phenoxy) is 1. The average molecular weight is 495 g/mol. The summed E-state index contributed by atoms with van der Waals surface area (Å²) in [4.78, 5) is 27.8. The van der Waals surface area contributed by atoms with Crippen LogP contribution in [0.5, 0.6) is 0 Å². The van der Waals surface area contributed by atoms with Crippen molar-refractivity contribution in [3.05, 3.63) is 62.7 Å². The number of piperazine rings is 1. The minimum atomic E-state index is -0.352. The molecule has 2 aliphatic rings. The second-order valence-corrected chi connectivity index (χ2v) is 10.3. The fourth-order valence-corrected chi connectivity index (χ4v) is 5.69. The van der Waals surface area contributed by atoms with E-state index in [0.29, 0.717) is 11.6 Å². The Balaban J connectivity index is 1.18. The monoisotopic (exact) mass is 494 g/mol. The van der Waals surface area contributed by atoms with Crippen LogP contribution in [0.3, 0.4) is 0 Å². The normalized spacial score (nSPS) is 20.3. The topological polar surface area (TPSA) is 88.0 Å². The molecule has 1 aliphatic heterocycles. The van der Waals surface area contributed by atoms with Crippen LogP contribution in [-0.2, 0) is 9.53 Å². The van der Waals surface area contributed by atoms with Crippen LogP contribution in [0.4, 0.5) is 17.1 Å². The maximum atomic E-state index is 12.8. The summed E-state index contributed by atoms with van der Waals surface area (Å²) in [5.41, 5.74) is 6.89. The summed E-state index contributed by atoms with van der Waals surface area (Å²) >= 11 is 0. The molecule has 1 amide bonds.